The molecule has 0 spiro atoms. The van der Waals surface area contributed by atoms with Crippen LogP contribution < -0.4 is 0 Å². The van der Waals surface area contributed by atoms with Crippen LogP contribution >= 0.6 is 0 Å². The zero-order chi connectivity index (χ0) is 13.9. The molecule has 0 aromatic heterocycles. The SMILES string of the molecule is CCCC(O)C(=O)c1ccc(F)c(C(F)(F)F)c1. The van der Waals surface area contributed by atoms with Crippen LogP contribution in [0.3, 0.4) is 0 Å². The Kier molecular flexibility index (Phi) is 4.45. The first kappa shape index (κ1) is 14.6. The van der Waals surface area contributed by atoms with Crippen molar-refractivity contribution >= 4 is 5.78 Å². The molecular weight excluding hydrogens is 252 g/mol. The Morgan fingerprint density at radius 2 is 2.00 bits per heavy atom. The molecule has 0 heterocycles. The molecule has 0 amide bonds. The minimum absolute atomic E-state index is 0.150. The van der Waals surface area contributed by atoms with Gasteiger partial charge >= 0.3 is 6.18 Å². The lowest BCUT2D eigenvalue weighted by molar-refractivity contribution is -0.140. The smallest absolute Gasteiger partial charge is 0.385 e. The Bertz CT molecular complexity index is 440. The molecule has 18 heavy (non-hydrogen) atoms. The summed E-state index contributed by atoms with van der Waals surface area (Å²) in [6.07, 6.45) is -5.56. The highest BCUT2D eigenvalue weighted by molar-refractivity contribution is 5.99. The van der Waals surface area contributed by atoms with E-state index in [0.717, 1.165) is 6.07 Å². The summed E-state index contributed by atoms with van der Waals surface area (Å²) < 4.78 is 50.3. The number of Topliss-reactive ketones (excluding diaryl/α,β-unsaturated/α-hetero) is 1. The summed E-state index contributed by atoms with van der Waals surface area (Å²) in [7, 11) is 0. The largest absolute Gasteiger partial charge is 0.419 e. The zero-order valence-corrected chi connectivity index (χ0v) is 9.59. The van der Waals surface area contributed by atoms with E-state index in [9.17, 15) is 27.5 Å². The average molecular weight is 264 g/mol. The first-order chi connectivity index (χ1) is 8.27. The number of hydrogen-bond donors (Lipinski definition) is 1. The number of aliphatic hydroxyl groups is 1. The molecule has 1 N–H and O–H groups in total. The number of ketones is 1. The lowest BCUT2D eigenvalue weighted by atomic mass is 10.0. The van der Waals surface area contributed by atoms with Crippen molar-refractivity contribution in [1.82, 2.24) is 0 Å². The van der Waals surface area contributed by atoms with Crippen LogP contribution in [0.25, 0.3) is 0 Å². The van der Waals surface area contributed by atoms with Gasteiger partial charge in [0.15, 0.2) is 5.78 Å². The molecule has 100 valence electrons. The van der Waals surface area contributed by atoms with Crippen LogP contribution in [-0.2, 0) is 6.18 Å². The number of halogens is 4. The van der Waals surface area contributed by atoms with E-state index in [1.54, 1.807) is 6.92 Å². The number of alkyl halides is 3. The van der Waals surface area contributed by atoms with Gasteiger partial charge in [-0.1, -0.05) is 13.3 Å². The van der Waals surface area contributed by atoms with Gasteiger partial charge in [0.25, 0.3) is 0 Å². The van der Waals surface area contributed by atoms with Crippen molar-refractivity contribution in [3.8, 4) is 0 Å². The summed E-state index contributed by atoms with van der Waals surface area (Å²) >= 11 is 0. The first-order valence-corrected chi connectivity index (χ1v) is 5.36. The maximum absolute atomic E-state index is 13.0. The predicted octanol–water partition coefficient (Wildman–Crippen LogP) is 3.19. The van der Waals surface area contributed by atoms with E-state index in [0.29, 0.717) is 18.6 Å². The molecule has 6 heteroatoms. The summed E-state index contributed by atoms with van der Waals surface area (Å²) in [5.41, 5.74) is -1.85. The van der Waals surface area contributed by atoms with Crippen LogP contribution in [0.1, 0.15) is 35.7 Å². The molecule has 1 aromatic rings. The topological polar surface area (TPSA) is 37.3 Å². The van der Waals surface area contributed by atoms with Gasteiger partial charge in [0.1, 0.15) is 11.9 Å². The van der Waals surface area contributed by atoms with E-state index in [1.165, 1.54) is 0 Å². The van der Waals surface area contributed by atoms with Crippen molar-refractivity contribution in [3.05, 3.63) is 35.1 Å². The highest BCUT2D eigenvalue weighted by atomic mass is 19.4. The fraction of sp³-hybridized carbons (Fsp3) is 0.417. The maximum atomic E-state index is 13.0. The Labute approximate surface area is 101 Å². The molecule has 0 aliphatic heterocycles. The van der Waals surface area contributed by atoms with Crippen molar-refractivity contribution < 1.29 is 27.5 Å². The third-order valence-corrected chi connectivity index (χ3v) is 2.42. The van der Waals surface area contributed by atoms with E-state index < -0.39 is 29.4 Å². The number of rotatable bonds is 4. The lowest BCUT2D eigenvalue weighted by Crippen LogP contribution is -2.21. The summed E-state index contributed by atoms with van der Waals surface area (Å²) in [5.74, 6) is -2.27. The molecule has 1 aromatic carbocycles. The van der Waals surface area contributed by atoms with Gasteiger partial charge in [-0.25, -0.2) is 4.39 Å². The van der Waals surface area contributed by atoms with Gasteiger partial charge in [-0.2, -0.15) is 13.2 Å². The van der Waals surface area contributed by atoms with E-state index in [2.05, 4.69) is 0 Å². The number of benzene rings is 1. The second-order valence-corrected chi connectivity index (χ2v) is 3.86. The lowest BCUT2D eigenvalue weighted by Gasteiger charge is -2.12. The summed E-state index contributed by atoms with van der Waals surface area (Å²) in [6.45, 7) is 1.72. The molecule has 1 atom stereocenters. The molecule has 0 radical (unpaired) electrons. The van der Waals surface area contributed by atoms with Crippen molar-refractivity contribution in [3.63, 3.8) is 0 Å². The van der Waals surface area contributed by atoms with Crippen molar-refractivity contribution in [1.29, 1.82) is 0 Å². The Hall–Kier alpha value is -1.43. The fourth-order valence-corrected chi connectivity index (χ4v) is 1.49. The highest BCUT2D eigenvalue weighted by Gasteiger charge is 2.35. The van der Waals surface area contributed by atoms with Gasteiger partial charge in [0, 0.05) is 5.56 Å². The van der Waals surface area contributed by atoms with Crippen LogP contribution in [-0.4, -0.2) is 17.0 Å². The predicted molar refractivity (Wildman–Crippen MR) is 56.6 cm³/mol. The molecule has 1 unspecified atom stereocenters. The van der Waals surface area contributed by atoms with Gasteiger partial charge in [0.2, 0.25) is 0 Å². The molecule has 2 nitrogen and oxygen atoms in total. The van der Waals surface area contributed by atoms with E-state index in [-0.39, 0.29) is 12.0 Å². The Balaban J connectivity index is 3.09. The van der Waals surface area contributed by atoms with Gasteiger partial charge in [-0.15, -0.1) is 0 Å². The van der Waals surface area contributed by atoms with Crippen LogP contribution in [0.4, 0.5) is 17.6 Å². The van der Waals surface area contributed by atoms with Crippen molar-refractivity contribution in [2.24, 2.45) is 0 Å². The molecule has 0 aliphatic rings. The summed E-state index contributed by atoms with van der Waals surface area (Å²) in [4.78, 5) is 11.6. The highest BCUT2D eigenvalue weighted by Crippen LogP contribution is 2.32. The van der Waals surface area contributed by atoms with Crippen LogP contribution in [0.5, 0.6) is 0 Å². The van der Waals surface area contributed by atoms with Crippen molar-refractivity contribution in [2.45, 2.75) is 32.0 Å². The van der Waals surface area contributed by atoms with Gasteiger partial charge in [-0.05, 0) is 24.6 Å². The minimum atomic E-state index is -4.86. The third kappa shape index (κ3) is 3.29. The third-order valence-electron chi connectivity index (χ3n) is 2.42. The Morgan fingerprint density at radius 1 is 1.39 bits per heavy atom. The fourth-order valence-electron chi connectivity index (χ4n) is 1.49. The van der Waals surface area contributed by atoms with E-state index in [1.807, 2.05) is 0 Å². The first-order valence-electron chi connectivity index (χ1n) is 5.36. The molecular formula is C12H12F4O2. The van der Waals surface area contributed by atoms with E-state index >= 15 is 0 Å². The van der Waals surface area contributed by atoms with Crippen LogP contribution in [0.2, 0.25) is 0 Å². The summed E-state index contributed by atoms with van der Waals surface area (Å²) in [5, 5.41) is 9.41. The summed E-state index contributed by atoms with van der Waals surface area (Å²) in [6, 6.07) is 1.94. The number of hydrogen-bond acceptors (Lipinski definition) is 2. The van der Waals surface area contributed by atoms with Crippen molar-refractivity contribution in [2.75, 3.05) is 0 Å². The normalized spacial score (nSPS) is 13.4. The molecule has 0 fully saturated rings. The van der Waals surface area contributed by atoms with Gasteiger partial charge in [0.05, 0.1) is 5.56 Å². The van der Waals surface area contributed by atoms with Crippen LogP contribution in [0, 0.1) is 5.82 Å². The zero-order valence-electron chi connectivity index (χ0n) is 9.59. The molecule has 0 bridgehead atoms. The quantitative estimate of drug-likeness (QED) is 0.669. The standard InChI is InChI=1S/C12H12F4O2/c1-2-3-10(17)11(18)7-4-5-9(13)8(6-7)12(14,15)16/h4-6,10,17H,2-3H2,1H3. The monoisotopic (exact) mass is 264 g/mol. The number of aliphatic hydroxyl groups excluding tert-OH is 1. The van der Waals surface area contributed by atoms with Gasteiger partial charge < -0.3 is 5.11 Å². The molecule has 1 rings (SSSR count). The minimum Gasteiger partial charge on any atom is -0.385 e. The molecule has 0 saturated heterocycles. The van der Waals surface area contributed by atoms with Crippen LogP contribution in [0.15, 0.2) is 18.2 Å². The van der Waals surface area contributed by atoms with Gasteiger partial charge in [-0.3, -0.25) is 4.79 Å². The second kappa shape index (κ2) is 5.48. The Morgan fingerprint density at radius 3 is 2.50 bits per heavy atom. The van der Waals surface area contributed by atoms with E-state index in [4.69, 9.17) is 0 Å². The molecule has 0 saturated carbocycles. The average Bonchev–Trinajstić information content (AvgIpc) is 2.27. The number of carbonyl (C=O) groups excluding carboxylic acids is 1. The number of carbonyl (C=O) groups is 1. The molecule has 0 aliphatic carbocycles. The maximum Gasteiger partial charge on any atom is 0.419 e. The second-order valence-electron chi connectivity index (χ2n) is 3.86.